The monoisotopic (exact) mass is 560 g/mol. The minimum atomic E-state index is -1.38. The van der Waals surface area contributed by atoms with Gasteiger partial charge in [0.25, 0.3) is 0 Å². The number of rotatable bonds is 13. The summed E-state index contributed by atoms with van der Waals surface area (Å²) in [6, 6.07) is -4.64. The van der Waals surface area contributed by atoms with Gasteiger partial charge in [0, 0.05) is 44.0 Å². The van der Waals surface area contributed by atoms with Crippen LogP contribution in [0.2, 0.25) is 0 Å². The number of amides is 2. The molecule has 1 aliphatic heterocycles. The summed E-state index contributed by atoms with van der Waals surface area (Å²) >= 11 is 0. The number of carbonyl (C=O) groups excluding carboxylic acids is 2. The second-order valence-corrected chi connectivity index (χ2v) is 9.08. The largest absolute Gasteiger partial charge is 1.00 e. The molecule has 17 heteroatoms. The summed E-state index contributed by atoms with van der Waals surface area (Å²) in [5.74, 6) is -9.03. The molecule has 12 nitrogen and oxygen atoms in total. The zero-order valence-corrected chi connectivity index (χ0v) is 22.3. The first-order valence-corrected chi connectivity index (χ1v) is 11.6. The zero-order chi connectivity index (χ0) is 28.7. The van der Waals surface area contributed by atoms with E-state index in [0.717, 1.165) is 4.90 Å². The second-order valence-electron chi connectivity index (χ2n) is 9.08. The smallest absolute Gasteiger partial charge is 0.481 e. The van der Waals surface area contributed by atoms with Gasteiger partial charge in [-0.15, -0.1) is 0 Å². The number of nitrogens with two attached hydrogens (primary N) is 1. The van der Waals surface area contributed by atoms with E-state index in [4.69, 9.17) is 10.8 Å². The van der Waals surface area contributed by atoms with Gasteiger partial charge in [0.05, 0.1) is 6.04 Å². The van der Waals surface area contributed by atoms with Crippen molar-refractivity contribution in [3.05, 3.63) is 35.1 Å². The number of aliphatic carboxylic acids is 3. The molecule has 2 amide bonds. The topological polar surface area (TPSA) is 199 Å². The van der Waals surface area contributed by atoms with E-state index in [1.165, 1.54) is 6.92 Å². The standard InChI is InChI=1S/C23H29F3N4O8.2Li/c1-10(28-17(22(35)36)2-3-20(32)33)21(34)30-9-13(7-18(30)23(37)38)29-19(31)6-12(27)4-11-5-15(25)16(26)8-14(11)24;;/h5,8,10,12-13,17-18,28H,2-4,6-7,9,27H2,1H3,(H,29,31)(H,32,33)(H,35,36)(H,37,38);;/q;2*+1/t10-,12+,13-,17-,18-;;/m0../s1. The molecule has 1 fully saturated rings. The van der Waals surface area contributed by atoms with Gasteiger partial charge in [-0.1, -0.05) is 0 Å². The maximum Gasteiger partial charge on any atom is 1.00 e. The Morgan fingerprint density at radius 3 is 2.20 bits per heavy atom. The van der Waals surface area contributed by atoms with Gasteiger partial charge in [-0.2, -0.15) is 0 Å². The van der Waals surface area contributed by atoms with Gasteiger partial charge in [-0.25, -0.2) is 18.0 Å². The molecule has 0 spiro atoms. The number of nitrogens with zero attached hydrogens (tertiary/aromatic N) is 1. The molecule has 1 aromatic carbocycles. The van der Waals surface area contributed by atoms with E-state index in [1.54, 1.807) is 0 Å². The van der Waals surface area contributed by atoms with Gasteiger partial charge in [0.1, 0.15) is 17.9 Å². The third kappa shape index (κ3) is 10.8. The van der Waals surface area contributed by atoms with Crippen LogP contribution in [0.5, 0.6) is 0 Å². The second kappa shape index (κ2) is 16.7. The molecule has 1 heterocycles. The molecule has 1 aromatic rings. The number of likely N-dealkylation sites (tertiary alicyclic amines) is 1. The maximum atomic E-state index is 13.8. The predicted octanol–water partition coefficient (Wildman–Crippen LogP) is -6.16. The Kier molecular flexibility index (Phi) is 15.6. The fourth-order valence-electron chi connectivity index (χ4n) is 4.19. The molecule has 1 saturated heterocycles. The molecule has 2 rings (SSSR count). The number of nitrogens with one attached hydrogen (secondary N) is 2. The summed E-state index contributed by atoms with van der Waals surface area (Å²) in [7, 11) is 0. The average molecular weight is 560 g/mol. The molecule has 0 unspecified atom stereocenters. The van der Waals surface area contributed by atoms with Crippen molar-refractivity contribution >= 4 is 29.7 Å². The molecule has 0 bridgehead atoms. The molecule has 210 valence electrons. The zero-order valence-electron chi connectivity index (χ0n) is 22.3. The van der Waals surface area contributed by atoms with Crippen molar-refractivity contribution in [2.75, 3.05) is 6.54 Å². The Bertz CT molecular complexity index is 1100. The number of halogens is 3. The van der Waals surface area contributed by atoms with E-state index in [0.29, 0.717) is 12.1 Å². The number of hydrogen-bond acceptors (Lipinski definition) is 7. The molecule has 1 aliphatic rings. The van der Waals surface area contributed by atoms with Gasteiger partial charge >= 0.3 is 55.6 Å². The number of carboxylic acids is 3. The van der Waals surface area contributed by atoms with E-state index >= 15 is 0 Å². The first kappa shape index (κ1) is 37.5. The number of carbonyl (C=O) groups is 5. The molecule has 7 N–H and O–H groups in total. The van der Waals surface area contributed by atoms with Crippen LogP contribution in [0, 0.1) is 17.5 Å². The van der Waals surface area contributed by atoms with Crippen LogP contribution in [0.4, 0.5) is 13.2 Å². The Balaban J connectivity index is 0.00000760. The minimum Gasteiger partial charge on any atom is -0.481 e. The summed E-state index contributed by atoms with van der Waals surface area (Å²) in [6.45, 7) is 1.09. The summed E-state index contributed by atoms with van der Waals surface area (Å²) in [6.07, 6.45) is -1.57. The summed E-state index contributed by atoms with van der Waals surface area (Å²) in [5, 5.41) is 32.7. The Labute approximate surface area is 251 Å². The van der Waals surface area contributed by atoms with Crippen molar-refractivity contribution in [2.45, 2.75) is 69.2 Å². The Hall–Kier alpha value is -2.53. The first-order valence-electron chi connectivity index (χ1n) is 11.6. The third-order valence-electron chi connectivity index (χ3n) is 6.02. The van der Waals surface area contributed by atoms with E-state index in [2.05, 4.69) is 10.6 Å². The molecule has 5 atom stereocenters. The first-order chi connectivity index (χ1) is 17.7. The molecule has 0 radical (unpaired) electrons. The van der Waals surface area contributed by atoms with Crippen molar-refractivity contribution < 1.29 is 90.2 Å². The predicted molar refractivity (Wildman–Crippen MR) is 123 cm³/mol. The fourth-order valence-corrected chi connectivity index (χ4v) is 4.19. The molecule has 0 aromatic heterocycles. The fraction of sp³-hybridized carbons (Fsp3) is 0.522. The van der Waals surface area contributed by atoms with Gasteiger partial charge in [-0.3, -0.25) is 24.5 Å². The van der Waals surface area contributed by atoms with Crippen molar-refractivity contribution in [3.63, 3.8) is 0 Å². The van der Waals surface area contributed by atoms with Crippen LogP contribution in [0.1, 0.15) is 38.2 Å². The van der Waals surface area contributed by atoms with Crippen LogP contribution in [0.15, 0.2) is 12.1 Å². The molecular weight excluding hydrogens is 531 g/mol. The average Bonchev–Trinajstić information content (AvgIpc) is 3.22. The Morgan fingerprint density at radius 1 is 1.05 bits per heavy atom. The maximum absolute atomic E-state index is 13.8. The van der Waals surface area contributed by atoms with Crippen molar-refractivity contribution in [1.29, 1.82) is 0 Å². The van der Waals surface area contributed by atoms with Gasteiger partial charge < -0.3 is 31.3 Å². The summed E-state index contributed by atoms with van der Waals surface area (Å²) < 4.78 is 40.3. The number of benzene rings is 1. The summed E-state index contributed by atoms with van der Waals surface area (Å²) in [4.78, 5) is 60.2. The minimum absolute atomic E-state index is 0. The molecule has 0 aliphatic carbocycles. The van der Waals surface area contributed by atoms with Crippen LogP contribution in [0.3, 0.4) is 0 Å². The van der Waals surface area contributed by atoms with E-state index in [1.807, 2.05) is 0 Å². The summed E-state index contributed by atoms with van der Waals surface area (Å²) in [5.41, 5.74) is 5.62. The van der Waals surface area contributed by atoms with E-state index < -0.39 is 83.8 Å². The number of carboxylic acid groups (broad SMARTS) is 3. The van der Waals surface area contributed by atoms with Crippen LogP contribution in [-0.2, 0) is 30.4 Å². The quantitative estimate of drug-likeness (QED) is 0.0997. The van der Waals surface area contributed by atoms with Gasteiger partial charge in [-0.05, 0) is 31.4 Å². The van der Waals surface area contributed by atoms with Crippen LogP contribution >= 0.6 is 0 Å². The van der Waals surface area contributed by atoms with Crippen molar-refractivity contribution in [2.24, 2.45) is 5.73 Å². The van der Waals surface area contributed by atoms with Gasteiger partial charge in [0.2, 0.25) is 11.8 Å². The van der Waals surface area contributed by atoms with E-state index in [9.17, 15) is 47.4 Å². The van der Waals surface area contributed by atoms with E-state index in [-0.39, 0.29) is 75.5 Å². The van der Waals surface area contributed by atoms with Crippen LogP contribution < -0.4 is 54.1 Å². The SMILES string of the molecule is C[C@H](N[C@@H](CCC(=O)O)C(=O)O)C(=O)N1C[C@@H](NC(=O)C[C@H](N)Cc2cc(F)c(F)cc2F)C[C@H]1C(=O)O.[Li+].[Li+]. The molecule has 0 saturated carbocycles. The van der Waals surface area contributed by atoms with Crippen molar-refractivity contribution in [3.8, 4) is 0 Å². The van der Waals surface area contributed by atoms with Crippen molar-refractivity contribution in [1.82, 2.24) is 15.5 Å². The number of hydrogen-bond donors (Lipinski definition) is 6. The normalized spacial score (nSPS) is 18.5. The van der Waals surface area contributed by atoms with Crippen LogP contribution in [-0.4, -0.2) is 86.7 Å². The Morgan fingerprint density at radius 2 is 1.65 bits per heavy atom. The third-order valence-corrected chi connectivity index (χ3v) is 6.02. The van der Waals surface area contributed by atoms with Gasteiger partial charge in [0.15, 0.2) is 11.6 Å². The molecule has 40 heavy (non-hydrogen) atoms. The van der Waals surface area contributed by atoms with Crippen LogP contribution in [0.25, 0.3) is 0 Å². The molecular formula is C23H29F3Li2N4O8+2.